The largest absolute Gasteiger partial charge is 0.334 e. The molecule has 5 nitrogen and oxygen atoms in total. The quantitative estimate of drug-likeness (QED) is 0.618. The molecule has 0 aliphatic carbocycles. The summed E-state index contributed by atoms with van der Waals surface area (Å²) in [6.45, 7) is 2.05. The molecule has 0 unspecified atom stereocenters. The Labute approximate surface area is 133 Å². The summed E-state index contributed by atoms with van der Waals surface area (Å²) in [6, 6.07) is 17.9. The average Bonchev–Trinajstić information content (AvgIpc) is 3.28. The van der Waals surface area contributed by atoms with Gasteiger partial charge in [0.05, 0.1) is 5.69 Å². The SMILES string of the molecule is Cc1ccc(-c2nc(-c3cccc(-c4ccn[nH]4)c3)no2)cc1. The van der Waals surface area contributed by atoms with Crippen LogP contribution in [0.5, 0.6) is 0 Å². The number of aromatic amines is 1. The number of rotatable bonds is 3. The Kier molecular flexibility index (Phi) is 3.24. The minimum Gasteiger partial charge on any atom is -0.334 e. The summed E-state index contributed by atoms with van der Waals surface area (Å²) in [4.78, 5) is 4.50. The molecule has 0 bridgehead atoms. The molecule has 1 N–H and O–H groups in total. The lowest BCUT2D eigenvalue weighted by Gasteiger charge is -1.99. The molecule has 5 heteroatoms. The number of nitrogens with one attached hydrogen (secondary N) is 1. The molecule has 2 aromatic carbocycles. The first-order chi connectivity index (χ1) is 11.3. The van der Waals surface area contributed by atoms with Crippen LogP contribution in [0.4, 0.5) is 0 Å². The number of hydrogen-bond acceptors (Lipinski definition) is 4. The molecular weight excluding hydrogens is 288 g/mol. The zero-order chi connectivity index (χ0) is 15.6. The van der Waals surface area contributed by atoms with Crippen LogP contribution in [0.15, 0.2) is 65.3 Å². The molecule has 0 fully saturated rings. The lowest BCUT2D eigenvalue weighted by molar-refractivity contribution is 0.432. The second-order valence-corrected chi connectivity index (χ2v) is 5.34. The number of benzene rings is 2. The lowest BCUT2D eigenvalue weighted by atomic mass is 10.1. The van der Waals surface area contributed by atoms with Crippen molar-refractivity contribution < 1.29 is 4.52 Å². The molecule has 0 saturated heterocycles. The molecular formula is C18H14N4O. The molecule has 0 saturated carbocycles. The standard InChI is InChI=1S/C18H14N4O/c1-12-5-7-13(8-6-12)18-20-17(22-23-18)15-4-2-3-14(11-15)16-9-10-19-21-16/h2-11H,1H3,(H,19,21). The molecule has 112 valence electrons. The highest BCUT2D eigenvalue weighted by atomic mass is 16.5. The van der Waals surface area contributed by atoms with Crippen LogP contribution in [0.25, 0.3) is 34.1 Å². The molecule has 0 atom stereocenters. The van der Waals surface area contributed by atoms with E-state index in [0.29, 0.717) is 11.7 Å². The third-order valence-corrected chi connectivity index (χ3v) is 3.66. The first kappa shape index (κ1) is 13.5. The third-order valence-electron chi connectivity index (χ3n) is 3.66. The molecule has 4 aromatic rings. The third kappa shape index (κ3) is 2.64. The van der Waals surface area contributed by atoms with Crippen LogP contribution in [0, 0.1) is 6.92 Å². The molecule has 4 rings (SSSR count). The van der Waals surface area contributed by atoms with E-state index in [4.69, 9.17) is 4.52 Å². The fourth-order valence-electron chi connectivity index (χ4n) is 2.40. The van der Waals surface area contributed by atoms with Gasteiger partial charge in [-0.25, -0.2) is 0 Å². The van der Waals surface area contributed by atoms with Gasteiger partial charge in [-0.1, -0.05) is 41.1 Å². The summed E-state index contributed by atoms with van der Waals surface area (Å²) in [5.74, 6) is 1.09. The maximum absolute atomic E-state index is 5.39. The monoisotopic (exact) mass is 302 g/mol. The Balaban J connectivity index is 1.69. The van der Waals surface area contributed by atoms with Gasteiger partial charge in [0.1, 0.15) is 0 Å². The molecule has 23 heavy (non-hydrogen) atoms. The summed E-state index contributed by atoms with van der Waals surface area (Å²) in [5.41, 5.74) is 5.00. The number of hydrogen-bond donors (Lipinski definition) is 1. The average molecular weight is 302 g/mol. The summed E-state index contributed by atoms with van der Waals surface area (Å²) >= 11 is 0. The molecule has 0 aliphatic rings. The molecule has 0 radical (unpaired) electrons. The van der Waals surface area contributed by atoms with E-state index in [1.165, 1.54) is 5.56 Å². The zero-order valence-corrected chi connectivity index (χ0v) is 12.5. The highest BCUT2D eigenvalue weighted by Gasteiger charge is 2.11. The van der Waals surface area contributed by atoms with Gasteiger partial charge < -0.3 is 4.52 Å². The first-order valence-electron chi connectivity index (χ1n) is 7.30. The van der Waals surface area contributed by atoms with Crippen LogP contribution in [0.1, 0.15) is 5.56 Å². The van der Waals surface area contributed by atoms with Crippen LogP contribution in [-0.2, 0) is 0 Å². The maximum Gasteiger partial charge on any atom is 0.258 e. The number of nitrogens with zero attached hydrogens (tertiary/aromatic N) is 3. The van der Waals surface area contributed by atoms with Crippen molar-refractivity contribution in [1.82, 2.24) is 20.3 Å². The molecule has 0 spiro atoms. The van der Waals surface area contributed by atoms with E-state index in [-0.39, 0.29) is 0 Å². The Morgan fingerprint density at radius 2 is 1.74 bits per heavy atom. The number of H-pyrrole nitrogens is 1. The summed E-state index contributed by atoms with van der Waals surface area (Å²) in [6.07, 6.45) is 1.73. The lowest BCUT2D eigenvalue weighted by Crippen LogP contribution is -1.84. The molecule has 0 aliphatic heterocycles. The predicted molar refractivity (Wildman–Crippen MR) is 87.5 cm³/mol. The second kappa shape index (κ2) is 5.53. The van der Waals surface area contributed by atoms with Gasteiger partial charge in [-0.3, -0.25) is 5.10 Å². The second-order valence-electron chi connectivity index (χ2n) is 5.34. The fourth-order valence-corrected chi connectivity index (χ4v) is 2.40. The van der Waals surface area contributed by atoms with Gasteiger partial charge in [0.25, 0.3) is 5.89 Å². The summed E-state index contributed by atoms with van der Waals surface area (Å²) in [5, 5.41) is 11.0. The smallest absolute Gasteiger partial charge is 0.258 e. The summed E-state index contributed by atoms with van der Waals surface area (Å²) in [7, 11) is 0. The van der Waals surface area contributed by atoms with Crippen molar-refractivity contribution in [2.75, 3.05) is 0 Å². The van der Waals surface area contributed by atoms with Crippen LogP contribution < -0.4 is 0 Å². The maximum atomic E-state index is 5.39. The molecule has 2 heterocycles. The Morgan fingerprint density at radius 1 is 0.913 bits per heavy atom. The molecule has 2 aromatic heterocycles. The predicted octanol–water partition coefficient (Wildman–Crippen LogP) is 4.10. The topological polar surface area (TPSA) is 67.6 Å². The van der Waals surface area contributed by atoms with Crippen molar-refractivity contribution in [3.8, 4) is 34.1 Å². The zero-order valence-electron chi connectivity index (χ0n) is 12.5. The van der Waals surface area contributed by atoms with E-state index in [0.717, 1.165) is 22.4 Å². The van der Waals surface area contributed by atoms with Crippen molar-refractivity contribution in [3.63, 3.8) is 0 Å². The van der Waals surface area contributed by atoms with E-state index < -0.39 is 0 Å². The van der Waals surface area contributed by atoms with E-state index >= 15 is 0 Å². The van der Waals surface area contributed by atoms with Crippen molar-refractivity contribution in [2.45, 2.75) is 6.92 Å². The van der Waals surface area contributed by atoms with E-state index in [2.05, 4.69) is 20.3 Å². The highest BCUT2D eigenvalue weighted by Crippen LogP contribution is 2.25. The van der Waals surface area contributed by atoms with Crippen LogP contribution >= 0.6 is 0 Å². The van der Waals surface area contributed by atoms with Gasteiger partial charge in [-0.15, -0.1) is 0 Å². The van der Waals surface area contributed by atoms with Gasteiger partial charge in [0.15, 0.2) is 0 Å². The minimum atomic E-state index is 0.520. The Bertz CT molecular complexity index is 924. The van der Waals surface area contributed by atoms with Gasteiger partial charge in [-0.05, 0) is 31.2 Å². The number of aromatic nitrogens is 4. The van der Waals surface area contributed by atoms with Crippen molar-refractivity contribution in [2.24, 2.45) is 0 Å². The highest BCUT2D eigenvalue weighted by molar-refractivity contribution is 5.68. The first-order valence-corrected chi connectivity index (χ1v) is 7.30. The van der Waals surface area contributed by atoms with Crippen molar-refractivity contribution >= 4 is 0 Å². The fraction of sp³-hybridized carbons (Fsp3) is 0.0556. The van der Waals surface area contributed by atoms with Crippen LogP contribution in [-0.4, -0.2) is 20.3 Å². The van der Waals surface area contributed by atoms with Crippen molar-refractivity contribution in [3.05, 3.63) is 66.4 Å². The Morgan fingerprint density at radius 3 is 2.52 bits per heavy atom. The Hall–Kier alpha value is -3.21. The minimum absolute atomic E-state index is 0.520. The van der Waals surface area contributed by atoms with Gasteiger partial charge >= 0.3 is 0 Å². The number of aryl methyl sites for hydroxylation is 1. The van der Waals surface area contributed by atoms with E-state index in [1.807, 2.05) is 61.5 Å². The van der Waals surface area contributed by atoms with Crippen molar-refractivity contribution in [1.29, 1.82) is 0 Å². The van der Waals surface area contributed by atoms with Crippen LogP contribution in [0.3, 0.4) is 0 Å². The van der Waals surface area contributed by atoms with E-state index in [9.17, 15) is 0 Å². The van der Waals surface area contributed by atoms with Gasteiger partial charge in [0, 0.05) is 22.9 Å². The van der Waals surface area contributed by atoms with Gasteiger partial charge in [0.2, 0.25) is 5.82 Å². The molecule has 0 amide bonds. The normalized spacial score (nSPS) is 10.8. The van der Waals surface area contributed by atoms with Crippen LogP contribution in [0.2, 0.25) is 0 Å². The van der Waals surface area contributed by atoms with Gasteiger partial charge in [-0.2, -0.15) is 10.1 Å². The van der Waals surface area contributed by atoms with E-state index in [1.54, 1.807) is 6.20 Å². The summed E-state index contributed by atoms with van der Waals surface area (Å²) < 4.78 is 5.39.